The third-order valence-corrected chi connectivity index (χ3v) is 3.51. The van der Waals surface area contributed by atoms with Gasteiger partial charge in [0.05, 0.1) is 0 Å². The van der Waals surface area contributed by atoms with Gasteiger partial charge in [-0.25, -0.2) is 4.79 Å². The van der Waals surface area contributed by atoms with Gasteiger partial charge in [-0.1, -0.05) is 6.92 Å². The largest absolute Gasteiger partial charge is 0.465 e. The molecule has 2 fully saturated rings. The van der Waals surface area contributed by atoms with Crippen LogP contribution >= 0.6 is 0 Å². The third kappa shape index (κ3) is 1.38. The average Bonchev–Trinajstić information content (AvgIpc) is 2.05. The first-order valence-electron chi connectivity index (χ1n) is 5.03. The van der Waals surface area contributed by atoms with Gasteiger partial charge < -0.3 is 10.0 Å². The molecule has 4 heteroatoms. The summed E-state index contributed by atoms with van der Waals surface area (Å²) in [6.07, 6.45) is 1.55. The minimum atomic E-state index is -0.833. The van der Waals surface area contributed by atoms with E-state index in [1.165, 1.54) is 4.90 Å². The van der Waals surface area contributed by atoms with Gasteiger partial charge in [0.2, 0.25) is 0 Å². The fraction of sp³-hybridized carbons (Fsp3) is 0.800. The van der Waals surface area contributed by atoms with Crippen molar-refractivity contribution >= 4 is 11.9 Å². The first kappa shape index (κ1) is 9.49. The van der Waals surface area contributed by atoms with Gasteiger partial charge in [-0.2, -0.15) is 0 Å². The van der Waals surface area contributed by atoms with Gasteiger partial charge in [0.25, 0.3) is 0 Å². The number of hydrogen-bond donors (Lipinski definition) is 1. The second kappa shape index (κ2) is 2.97. The van der Waals surface area contributed by atoms with Crippen molar-refractivity contribution in [2.45, 2.75) is 26.2 Å². The molecule has 0 aromatic carbocycles. The molecule has 14 heavy (non-hydrogen) atoms. The summed E-state index contributed by atoms with van der Waals surface area (Å²) < 4.78 is 0. The Morgan fingerprint density at radius 3 is 2.71 bits per heavy atom. The molecule has 1 saturated heterocycles. The average molecular weight is 197 g/mol. The molecule has 0 aromatic rings. The number of carboxylic acid groups (broad SMARTS) is 1. The Morgan fingerprint density at radius 2 is 2.21 bits per heavy atom. The topological polar surface area (TPSA) is 57.6 Å². The molecule has 1 atom stereocenters. The Bertz CT molecular complexity index is 281. The van der Waals surface area contributed by atoms with Crippen LogP contribution in [0.3, 0.4) is 0 Å². The van der Waals surface area contributed by atoms with Crippen molar-refractivity contribution in [2.75, 3.05) is 13.1 Å². The summed E-state index contributed by atoms with van der Waals surface area (Å²) in [5, 5.41) is 8.72. The Balaban J connectivity index is 1.95. The van der Waals surface area contributed by atoms with E-state index in [1.807, 2.05) is 6.92 Å². The number of rotatable bonds is 0. The van der Waals surface area contributed by atoms with Gasteiger partial charge >= 0.3 is 6.09 Å². The monoisotopic (exact) mass is 197 g/mol. The van der Waals surface area contributed by atoms with Crippen LogP contribution in [0.15, 0.2) is 0 Å². The summed E-state index contributed by atoms with van der Waals surface area (Å²) in [6.45, 7) is 3.20. The van der Waals surface area contributed by atoms with E-state index in [4.69, 9.17) is 5.11 Å². The van der Waals surface area contributed by atoms with E-state index >= 15 is 0 Å². The molecule has 1 aliphatic carbocycles. The van der Waals surface area contributed by atoms with Crippen molar-refractivity contribution in [3.8, 4) is 0 Å². The van der Waals surface area contributed by atoms with Crippen molar-refractivity contribution in [3.63, 3.8) is 0 Å². The first-order chi connectivity index (χ1) is 6.52. The number of nitrogens with zero attached hydrogens (tertiary/aromatic N) is 1. The summed E-state index contributed by atoms with van der Waals surface area (Å²) in [6, 6.07) is 0. The highest BCUT2D eigenvalue weighted by Gasteiger charge is 2.48. The molecule has 1 unspecified atom stereocenters. The predicted octanol–water partition coefficient (Wildman–Crippen LogP) is 1.36. The van der Waals surface area contributed by atoms with Crippen LogP contribution in [0.4, 0.5) is 4.79 Å². The molecule has 1 heterocycles. The van der Waals surface area contributed by atoms with Crippen LogP contribution in [0.2, 0.25) is 0 Å². The zero-order valence-corrected chi connectivity index (χ0v) is 8.32. The molecule has 2 aliphatic rings. The van der Waals surface area contributed by atoms with Crippen LogP contribution in [0, 0.1) is 11.3 Å². The standard InChI is InChI=1S/C10H15NO3/c1-7-4-10(3-2-8(7)12)5-11(6-10)9(13)14/h7H,2-6H2,1H3,(H,13,14). The van der Waals surface area contributed by atoms with Crippen molar-refractivity contribution < 1.29 is 14.7 Å². The van der Waals surface area contributed by atoms with Crippen LogP contribution < -0.4 is 0 Å². The van der Waals surface area contributed by atoms with Gasteiger partial charge in [-0.15, -0.1) is 0 Å². The van der Waals surface area contributed by atoms with Crippen LogP contribution in [0.25, 0.3) is 0 Å². The summed E-state index contributed by atoms with van der Waals surface area (Å²) in [4.78, 5) is 23.4. The lowest BCUT2D eigenvalue weighted by atomic mass is 9.65. The van der Waals surface area contributed by atoms with E-state index in [9.17, 15) is 9.59 Å². The second-order valence-corrected chi connectivity index (χ2v) is 4.71. The number of Topliss-reactive ketones (excluding diaryl/α,β-unsaturated/α-hetero) is 1. The quantitative estimate of drug-likeness (QED) is 0.637. The highest BCUT2D eigenvalue weighted by molar-refractivity contribution is 5.81. The highest BCUT2D eigenvalue weighted by atomic mass is 16.4. The number of carbonyl (C=O) groups excluding carboxylic acids is 1. The van der Waals surface area contributed by atoms with Gasteiger partial charge in [-0.05, 0) is 12.8 Å². The van der Waals surface area contributed by atoms with Crippen molar-refractivity contribution in [2.24, 2.45) is 11.3 Å². The summed E-state index contributed by atoms with van der Waals surface area (Å²) in [7, 11) is 0. The minimum absolute atomic E-state index is 0.125. The predicted molar refractivity (Wildman–Crippen MR) is 50.1 cm³/mol. The molecule has 0 aromatic heterocycles. The lowest BCUT2D eigenvalue weighted by Crippen LogP contribution is -2.60. The lowest BCUT2D eigenvalue weighted by Gasteiger charge is -2.52. The number of amides is 1. The van der Waals surface area contributed by atoms with Crippen molar-refractivity contribution in [1.82, 2.24) is 4.90 Å². The molecule has 0 bridgehead atoms. The molecule has 2 rings (SSSR count). The van der Waals surface area contributed by atoms with E-state index in [0.717, 1.165) is 12.8 Å². The smallest absolute Gasteiger partial charge is 0.407 e. The van der Waals surface area contributed by atoms with E-state index in [-0.39, 0.29) is 11.3 Å². The Labute approximate surface area is 82.9 Å². The van der Waals surface area contributed by atoms with Crippen molar-refractivity contribution in [3.05, 3.63) is 0 Å². The first-order valence-corrected chi connectivity index (χ1v) is 5.03. The number of ketones is 1. The van der Waals surface area contributed by atoms with Gasteiger partial charge in [-0.3, -0.25) is 4.79 Å². The maximum atomic E-state index is 11.3. The van der Waals surface area contributed by atoms with Crippen LogP contribution in [0.5, 0.6) is 0 Å². The third-order valence-electron chi connectivity index (χ3n) is 3.51. The highest BCUT2D eigenvalue weighted by Crippen LogP contribution is 2.44. The summed E-state index contributed by atoms with van der Waals surface area (Å²) in [5.41, 5.74) is 0.131. The van der Waals surface area contributed by atoms with E-state index in [2.05, 4.69) is 0 Å². The molecule has 4 nitrogen and oxygen atoms in total. The molecule has 0 radical (unpaired) electrons. The fourth-order valence-corrected chi connectivity index (χ4v) is 2.69. The molecule has 1 aliphatic heterocycles. The van der Waals surface area contributed by atoms with Gasteiger partial charge in [0.1, 0.15) is 5.78 Å². The molecular weight excluding hydrogens is 182 g/mol. The van der Waals surface area contributed by atoms with Crippen molar-refractivity contribution in [1.29, 1.82) is 0 Å². The Kier molecular flexibility index (Phi) is 2.01. The maximum Gasteiger partial charge on any atom is 0.407 e. The summed E-state index contributed by atoms with van der Waals surface area (Å²) in [5.74, 6) is 0.462. The number of carbonyl (C=O) groups is 2. The maximum absolute atomic E-state index is 11.3. The molecule has 78 valence electrons. The van der Waals surface area contributed by atoms with Gasteiger partial charge in [0, 0.05) is 30.8 Å². The lowest BCUT2D eigenvalue weighted by molar-refractivity contribution is -0.130. The Morgan fingerprint density at radius 1 is 1.57 bits per heavy atom. The molecule has 1 N–H and O–H groups in total. The minimum Gasteiger partial charge on any atom is -0.465 e. The van der Waals surface area contributed by atoms with E-state index < -0.39 is 6.09 Å². The van der Waals surface area contributed by atoms with Crippen LogP contribution in [-0.2, 0) is 4.79 Å². The summed E-state index contributed by atoms with van der Waals surface area (Å²) >= 11 is 0. The SMILES string of the molecule is CC1CC2(CCC1=O)CN(C(=O)O)C2. The van der Waals surface area contributed by atoms with E-state index in [1.54, 1.807) is 0 Å². The van der Waals surface area contributed by atoms with Crippen LogP contribution in [0.1, 0.15) is 26.2 Å². The second-order valence-electron chi connectivity index (χ2n) is 4.71. The fourth-order valence-electron chi connectivity index (χ4n) is 2.69. The van der Waals surface area contributed by atoms with E-state index in [0.29, 0.717) is 25.3 Å². The number of hydrogen-bond acceptors (Lipinski definition) is 2. The molecule has 1 saturated carbocycles. The van der Waals surface area contributed by atoms with Gasteiger partial charge in [0.15, 0.2) is 0 Å². The zero-order valence-electron chi connectivity index (χ0n) is 8.32. The molecule has 1 spiro atoms. The Hall–Kier alpha value is -1.06. The van der Waals surface area contributed by atoms with Crippen LogP contribution in [-0.4, -0.2) is 35.0 Å². The zero-order chi connectivity index (χ0) is 10.3. The molecule has 1 amide bonds. The normalized spacial score (nSPS) is 30.2. The molecular formula is C10H15NO3. The number of likely N-dealkylation sites (tertiary alicyclic amines) is 1.